The highest BCUT2D eigenvalue weighted by Crippen LogP contribution is 2.18. The standard InChI is InChI=1S/C36H73NO3.C6H12O2/c1-4-7-10-13-16-17-18-19-22-26-31-37(33-34-38)32-27-25-30-36(39)40-35(28-23-20-14-11-8-5-2)29-24-21-15-12-9-6-3;1-2-3-4-5-8-6-7/h35,38H,4-34H2,1-3H3;6H,2-5H2,1H3. The van der Waals surface area contributed by atoms with Gasteiger partial charge in [0.1, 0.15) is 6.10 Å². The van der Waals surface area contributed by atoms with Crippen molar-refractivity contribution in [1.29, 1.82) is 0 Å². The van der Waals surface area contributed by atoms with E-state index < -0.39 is 0 Å². The molecule has 1 N–H and O–H groups in total. The molecular weight excluding hydrogens is 598 g/mol. The highest BCUT2D eigenvalue weighted by Gasteiger charge is 2.14. The summed E-state index contributed by atoms with van der Waals surface area (Å²) in [6.45, 7) is 13.0. The van der Waals surface area contributed by atoms with Crippen LogP contribution in [0.3, 0.4) is 0 Å². The van der Waals surface area contributed by atoms with Crippen LogP contribution in [0.15, 0.2) is 0 Å². The van der Waals surface area contributed by atoms with E-state index in [-0.39, 0.29) is 18.7 Å². The lowest BCUT2D eigenvalue weighted by molar-refractivity contribution is -0.150. The fourth-order valence-corrected chi connectivity index (χ4v) is 6.20. The zero-order chi connectivity index (χ0) is 35.6. The van der Waals surface area contributed by atoms with E-state index in [1.54, 1.807) is 0 Å². The van der Waals surface area contributed by atoms with Crippen LogP contribution in [-0.2, 0) is 19.1 Å². The van der Waals surface area contributed by atoms with Crippen molar-refractivity contribution in [2.24, 2.45) is 0 Å². The van der Waals surface area contributed by atoms with Crippen molar-refractivity contribution in [3.05, 3.63) is 0 Å². The fourth-order valence-electron chi connectivity index (χ4n) is 6.20. The second-order valence-corrected chi connectivity index (χ2v) is 14.1. The van der Waals surface area contributed by atoms with Crippen LogP contribution in [0.25, 0.3) is 0 Å². The second kappa shape index (κ2) is 43.9. The zero-order valence-corrected chi connectivity index (χ0v) is 32.9. The Bertz CT molecular complexity index is 601. The molecule has 0 saturated heterocycles. The highest BCUT2D eigenvalue weighted by molar-refractivity contribution is 5.69. The molecule has 48 heavy (non-hydrogen) atoms. The Hall–Kier alpha value is -1.14. The Labute approximate surface area is 300 Å². The van der Waals surface area contributed by atoms with Crippen molar-refractivity contribution < 1.29 is 24.2 Å². The second-order valence-electron chi connectivity index (χ2n) is 14.1. The van der Waals surface area contributed by atoms with E-state index in [0.29, 0.717) is 19.5 Å². The lowest BCUT2D eigenvalue weighted by Crippen LogP contribution is -2.29. The van der Waals surface area contributed by atoms with Crippen LogP contribution in [0, 0.1) is 0 Å². The van der Waals surface area contributed by atoms with E-state index >= 15 is 0 Å². The smallest absolute Gasteiger partial charge is 0.306 e. The number of carbonyl (C=O) groups is 2. The third-order valence-electron chi connectivity index (χ3n) is 9.34. The summed E-state index contributed by atoms with van der Waals surface area (Å²) >= 11 is 0. The number of nitrogens with zero attached hydrogens (tertiary/aromatic N) is 1. The predicted octanol–water partition coefficient (Wildman–Crippen LogP) is 12.1. The van der Waals surface area contributed by atoms with E-state index in [2.05, 4.69) is 37.3 Å². The average molecular weight is 684 g/mol. The first-order chi connectivity index (χ1) is 23.6. The maximum Gasteiger partial charge on any atom is 0.306 e. The summed E-state index contributed by atoms with van der Waals surface area (Å²) in [6, 6.07) is 0. The normalized spacial score (nSPS) is 11.1. The van der Waals surface area contributed by atoms with Crippen molar-refractivity contribution in [3.8, 4) is 0 Å². The van der Waals surface area contributed by atoms with Gasteiger partial charge < -0.3 is 19.5 Å². The van der Waals surface area contributed by atoms with Gasteiger partial charge in [-0.25, -0.2) is 0 Å². The molecule has 0 aromatic carbocycles. The van der Waals surface area contributed by atoms with Gasteiger partial charge in [-0.3, -0.25) is 9.59 Å². The first-order valence-corrected chi connectivity index (χ1v) is 21.2. The minimum atomic E-state index is 0.00497. The maximum atomic E-state index is 12.7. The van der Waals surface area contributed by atoms with Gasteiger partial charge in [0.15, 0.2) is 0 Å². The Morgan fingerprint density at radius 1 is 0.542 bits per heavy atom. The first kappa shape index (κ1) is 49.0. The summed E-state index contributed by atoms with van der Waals surface area (Å²) in [6.07, 6.45) is 36.9. The summed E-state index contributed by atoms with van der Waals surface area (Å²) < 4.78 is 10.5. The van der Waals surface area contributed by atoms with E-state index in [4.69, 9.17) is 4.74 Å². The van der Waals surface area contributed by atoms with Crippen LogP contribution >= 0.6 is 0 Å². The van der Waals surface area contributed by atoms with Crippen molar-refractivity contribution in [1.82, 2.24) is 4.90 Å². The molecule has 0 aromatic rings. The first-order valence-electron chi connectivity index (χ1n) is 21.2. The molecule has 0 amide bonds. The number of rotatable bonds is 38. The Morgan fingerprint density at radius 3 is 1.38 bits per heavy atom. The van der Waals surface area contributed by atoms with Crippen LogP contribution < -0.4 is 0 Å². The van der Waals surface area contributed by atoms with Crippen LogP contribution in [0.5, 0.6) is 0 Å². The molecule has 0 bridgehead atoms. The molecule has 6 heteroatoms. The number of carbonyl (C=O) groups excluding carboxylic acids is 2. The van der Waals surface area contributed by atoms with Crippen molar-refractivity contribution in [2.75, 3.05) is 32.8 Å². The highest BCUT2D eigenvalue weighted by atomic mass is 16.5. The lowest BCUT2D eigenvalue weighted by Gasteiger charge is -2.21. The van der Waals surface area contributed by atoms with Gasteiger partial charge in [0.2, 0.25) is 0 Å². The number of hydrogen-bond acceptors (Lipinski definition) is 6. The van der Waals surface area contributed by atoms with Gasteiger partial charge in [0.25, 0.3) is 6.47 Å². The molecule has 288 valence electrons. The van der Waals surface area contributed by atoms with Crippen molar-refractivity contribution >= 4 is 12.4 Å². The lowest BCUT2D eigenvalue weighted by atomic mass is 10.0. The van der Waals surface area contributed by atoms with E-state index in [0.717, 1.165) is 58.2 Å². The van der Waals surface area contributed by atoms with Crippen molar-refractivity contribution in [3.63, 3.8) is 0 Å². The van der Waals surface area contributed by atoms with Gasteiger partial charge in [0.05, 0.1) is 13.2 Å². The van der Waals surface area contributed by atoms with Gasteiger partial charge in [-0.15, -0.1) is 0 Å². The molecule has 0 aromatic heterocycles. The number of hydrogen-bond donors (Lipinski definition) is 1. The molecule has 0 spiro atoms. The van der Waals surface area contributed by atoms with Gasteiger partial charge in [-0.2, -0.15) is 0 Å². The van der Waals surface area contributed by atoms with E-state index in [1.165, 1.54) is 148 Å². The topological polar surface area (TPSA) is 76.1 Å². The third kappa shape index (κ3) is 41.0. The SMILES string of the molecule is CCCCCCCCCCCCN(CCO)CCCCC(=O)OC(CCCCCCCC)CCCCCCCC.CCCCCOC=O. The van der Waals surface area contributed by atoms with Crippen LogP contribution in [0.1, 0.15) is 220 Å². The molecule has 0 unspecified atom stereocenters. The molecule has 0 fully saturated rings. The third-order valence-corrected chi connectivity index (χ3v) is 9.34. The van der Waals surface area contributed by atoms with Gasteiger partial charge in [-0.05, 0) is 64.5 Å². The summed E-state index contributed by atoms with van der Waals surface area (Å²) in [5, 5.41) is 9.49. The molecule has 0 atom stereocenters. The zero-order valence-electron chi connectivity index (χ0n) is 32.9. The van der Waals surface area contributed by atoms with Crippen LogP contribution in [0.4, 0.5) is 0 Å². The van der Waals surface area contributed by atoms with Crippen molar-refractivity contribution in [2.45, 2.75) is 226 Å². The quantitative estimate of drug-likeness (QED) is 0.0396. The largest absolute Gasteiger partial charge is 0.468 e. The summed E-state index contributed by atoms with van der Waals surface area (Å²) in [7, 11) is 0. The van der Waals surface area contributed by atoms with E-state index in [1.807, 2.05) is 0 Å². The van der Waals surface area contributed by atoms with Gasteiger partial charge >= 0.3 is 5.97 Å². The molecule has 0 aliphatic heterocycles. The number of aliphatic hydroxyl groups is 1. The molecular formula is C42H85NO5. The Morgan fingerprint density at radius 2 is 0.938 bits per heavy atom. The fraction of sp³-hybridized carbons (Fsp3) is 0.952. The summed E-state index contributed by atoms with van der Waals surface area (Å²) in [4.78, 5) is 24.6. The van der Waals surface area contributed by atoms with E-state index in [9.17, 15) is 14.7 Å². The average Bonchev–Trinajstić information content (AvgIpc) is 3.09. The van der Waals surface area contributed by atoms with Gasteiger partial charge in [-0.1, -0.05) is 163 Å². The molecule has 0 heterocycles. The minimum Gasteiger partial charge on any atom is -0.468 e. The number of aliphatic hydroxyl groups excluding tert-OH is 1. The molecule has 0 aliphatic rings. The molecule has 0 aliphatic carbocycles. The minimum absolute atomic E-state index is 0.00497. The van der Waals surface area contributed by atoms with Gasteiger partial charge in [0, 0.05) is 13.0 Å². The number of ether oxygens (including phenoxy) is 2. The number of esters is 1. The molecule has 0 radical (unpaired) electrons. The Balaban J connectivity index is 0. The predicted molar refractivity (Wildman–Crippen MR) is 207 cm³/mol. The van der Waals surface area contributed by atoms with Crippen LogP contribution in [-0.4, -0.2) is 61.4 Å². The molecule has 6 nitrogen and oxygen atoms in total. The monoisotopic (exact) mass is 684 g/mol. The summed E-state index contributed by atoms with van der Waals surface area (Å²) in [5.74, 6) is 0.00497. The molecule has 0 saturated carbocycles. The van der Waals surface area contributed by atoms with Crippen LogP contribution in [0.2, 0.25) is 0 Å². The maximum absolute atomic E-state index is 12.7. The number of unbranched alkanes of at least 4 members (excludes halogenated alkanes) is 22. The summed E-state index contributed by atoms with van der Waals surface area (Å²) in [5.41, 5.74) is 0. The molecule has 0 rings (SSSR count). The Kier molecular flexibility index (Phi) is 44.8.